The highest BCUT2D eigenvalue weighted by Gasteiger charge is 2.21. The molecule has 2 aromatic carbocycles. The van der Waals surface area contributed by atoms with Crippen LogP contribution in [0, 0.1) is 17.2 Å². The first-order chi connectivity index (χ1) is 13.7. The maximum atomic E-state index is 12.3. The van der Waals surface area contributed by atoms with Gasteiger partial charge in [0, 0.05) is 7.11 Å². The summed E-state index contributed by atoms with van der Waals surface area (Å²) in [6, 6.07) is 16.3. The fraction of sp³-hybridized carbons (Fsp3) is 0.333. The van der Waals surface area contributed by atoms with E-state index in [1.54, 1.807) is 31.4 Å². The molecule has 0 heterocycles. The van der Waals surface area contributed by atoms with E-state index >= 15 is 0 Å². The summed E-state index contributed by atoms with van der Waals surface area (Å²) in [5.41, 5.74) is 2.35. The Morgan fingerprint density at radius 3 is 2.36 bits per heavy atom. The van der Waals surface area contributed by atoms with Crippen LogP contribution in [0.25, 0.3) is 0 Å². The number of benzene rings is 2. The van der Waals surface area contributed by atoms with E-state index in [1.165, 1.54) is 18.4 Å². The highest BCUT2D eigenvalue weighted by Crippen LogP contribution is 2.36. The molecular weight excluding hydrogens is 350 g/mol. The van der Waals surface area contributed by atoms with E-state index in [0.717, 1.165) is 12.8 Å². The third kappa shape index (κ3) is 5.31. The first-order valence-electron chi connectivity index (χ1n) is 9.67. The molecule has 0 saturated heterocycles. The molecule has 1 saturated carbocycles. The number of esters is 1. The highest BCUT2D eigenvalue weighted by atomic mass is 16.5. The Morgan fingerprint density at radius 2 is 1.75 bits per heavy atom. The molecule has 0 aliphatic heterocycles. The summed E-state index contributed by atoms with van der Waals surface area (Å²) < 4.78 is 10.4. The number of nitriles is 1. The minimum Gasteiger partial charge on any atom is -0.423 e. The van der Waals surface area contributed by atoms with Gasteiger partial charge in [0.15, 0.2) is 0 Å². The topological polar surface area (TPSA) is 59.3 Å². The van der Waals surface area contributed by atoms with Crippen LogP contribution in [0.15, 0.2) is 60.7 Å². The molecule has 3 rings (SSSR count). The second kappa shape index (κ2) is 9.87. The normalized spacial score (nSPS) is 19.3. The van der Waals surface area contributed by atoms with Crippen molar-refractivity contribution in [2.24, 2.45) is 5.92 Å². The fourth-order valence-electron chi connectivity index (χ4n) is 3.64. The number of carbonyl (C=O) groups excluding carboxylic acids is 1. The third-order valence-electron chi connectivity index (χ3n) is 5.25. The minimum atomic E-state index is -0.386. The van der Waals surface area contributed by atoms with Crippen LogP contribution in [-0.4, -0.2) is 19.7 Å². The van der Waals surface area contributed by atoms with Crippen molar-refractivity contribution in [3.63, 3.8) is 0 Å². The van der Waals surface area contributed by atoms with Crippen LogP contribution < -0.4 is 4.74 Å². The van der Waals surface area contributed by atoms with Crippen molar-refractivity contribution in [3.05, 3.63) is 77.4 Å². The summed E-state index contributed by atoms with van der Waals surface area (Å²) in [6.45, 7) is 0.681. The first kappa shape index (κ1) is 19.9. The van der Waals surface area contributed by atoms with Crippen molar-refractivity contribution >= 4 is 5.97 Å². The molecule has 0 spiro atoms. The molecule has 28 heavy (non-hydrogen) atoms. The number of hydrogen-bond acceptors (Lipinski definition) is 4. The van der Waals surface area contributed by atoms with E-state index < -0.39 is 0 Å². The third-order valence-corrected chi connectivity index (χ3v) is 5.25. The smallest absolute Gasteiger partial charge is 0.343 e. The predicted molar refractivity (Wildman–Crippen MR) is 108 cm³/mol. The van der Waals surface area contributed by atoms with Gasteiger partial charge in [0.25, 0.3) is 0 Å². The lowest BCUT2D eigenvalue weighted by Gasteiger charge is -2.27. The van der Waals surface area contributed by atoms with Crippen LogP contribution in [-0.2, 0) is 4.74 Å². The van der Waals surface area contributed by atoms with Crippen LogP contribution in [0.2, 0.25) is 0 Å². The number of rotatable bonds is 6. The van der Waals surface area contributed by atoms with E-state index in [2.05, 4.69) is 12.2 Å². The summed E-state index contributed by atoms with van der Waals surface area (Å²) in [5, 5.41) is 8.82. The summed E-state index contributed by atoms with van der Waals surface area (Å²) in [4.78, 5) is 12.3. The number of allylic oxidation sites excluding steroid dienone is 1. The minimum absolute atomic E-state index is 0.386. The van der Waals surface area contributed by atoms with Crippen molar-refractivity contribution in [2.75, 3.05) is 13.7 Å². The summed E-state index contributed by atoms with van der Waals surface area (Å²) >= 11 is 0. The van der Waals surface area contributed by atoms with E-state index in [1.807, 2.05) is 30.3 Å². The zero-order chi connectivity index (χ0) is 19.8. The molecule has 144 valence electrons. The lowest BCUT2D eigenvalue weighted by Crippen LogP contribution is -2.12. The van der Waals surface area contributed by atoms with Gasteiger partial charge in [-0.05, 0) is 79.5 Å². The van der Waals surface area contributed by atoms with E-state index in [9.17, 15) is 4.79 Å². The molecule has 1 fully saturated rings. The maximum Gasteiger partial charge on any atom is 0.343 e. The number of hydrogen-bond donors (Lipinski definition) is 0. The van der Waals surface area contributed by atoms with Gasteiger partial charge >= 0.3 is 5.97 Å². The van der Waals surface area contributed by atoms with Crippen molar-refractivity contribution in [1.29, 1.82) is 5.26 Å². The number of methoxy groups -OCH3 is 1. The van der Waals surface area contributed by atoms with Gasteiger partial charge in [0.1, 0.15) is 5.75 Å². The zero-order valence-corrected chi connectivity index (χ0v) is 16.1. The molecule has 0 amide bonds. The maximum absolute atomic E-state index is 12.3. The molecule has 0 atom stereocenters. The zero-order valence-electron chi connectivity index (χ0n) is 16.1. The van der Waals surface area contributed by atoms with Gasteiger partial charge in [-0.1, -0.05) is 24.3 Å². The molecule has 0 radical (unpaired) electrons. The lowest BCUT2D eigenvalue weighted by atomic mass is 9.78. The van der Waals surface area contributed by atoms with Crippen molar-refractivity contribution in [2.45, 2.75) is 31.6 Å². The van der Waals surface area contributed by atoms with Gasteiger partial charge in [-0.15, -0.1) is 0 Å². The van der Waals surface area contributed by atoms with Gasteiger partial charge in [0.05, 0.1) is 23.8 Å². The van der Waals surface area contributed by atoms with Crippen LogP contribution in [0.3, 0.4) is 0 Å². The van der Waals surface area contributed by atoms with E-state index in [0.29, 0.717) is 35.3 Å². The second-order valence-electron chi connectivity index (χ2n) is 7.14. The molecule has 2 aromatic rings. The van der Waals surface area contributed by atoms with Gasteiger partial charge in [-0.2, -0.15) is 5.26 Å². The summed E-state index contributed by atoms with van der Waals surface area (Å²) in [5.74, 6) is 1.25. The van der Waals surface area contributed by atoms with Crippen LogP contribution in [0.1, 0.15) is 53.1 Å². The predicted octanol–water partition coefficient (Wildman–Crippen LogP) is 5.25. The highest BCUT2D eigenvalue weighted by molar-refractivity contribution is 5.91. The molecule has 4 heteroatoms. The van der Waals surface area contributed by atoms with Gasteiger partial charge in [0.2, 0.25) is 0 Å². The Hall–Kier alpha value is -2.90. The monoisotopic (exact) mass is 375 g/mol. The average molecular weight is 375 g/mol. The Labute approximate surface area is 166 Å². The van der Waals surface area contributed by atoms with Gasteiger partial charge in [-0.25, -0.2) is 4.79 Å². The molecule has 0 aromatic heterocycles. The molecule has 1 aliphatic carbocycles. The molecular formula is C24H25NO3. The Kier molecular flexibility index (Phi) is 7.00. The molecule has 0 N–H and O–H groups in total. The second-order valence-corrected chi connectivity index (χ2v) is 7.14. The van der Waals surface area contributed by atoms with Crippen molar-refractivity contribution in [1.82, 2.24) is 0 Å². The van der Waals surface area contributed by atoms with Gasteiger partial charge < -0.3 is 9.47 Å². The van der Waals surface area contributed by atoms with E-state index in [-0.39, 0.29) is 5.97 Å². The Bertz CT molecular complexity index is 839. The summed E-state index contributed by atoms with van der Waals surface area (Å²) in [7, 11) is 1.71. The van der Waals surface area contributed by atoms with Crippen molar-refractivity contribution in [3.8, 4) is 11.8 Å². The first-order valence-corrected chi connectivity index (χ1v) is 9.67. The molecule has 4 nitrogen and oxygen atoms in total. The van der Waals surface area contributed by atoms with Gasteiger partial charge in [-0.3, -0.25) is 0 Å². The standard InChI is InChI=1S/C24H25NO3/c1-27-16-2-3-18-4-8-20(9-5-18)21-10-12-22(13-11-21)24(26)28-23-14-6-19(17-25)7-15-23/h2-3,6-7,10-15,18,20H,4-5,8-9,16H2,1H3/b3-2+/t18-,20-. The SMILES string of the molecule is COC/C=C/[C@H]1CC[C@H](c2ccc(C(=O)Oc3ccc(C#N)cc3)cc2)CC1. The number of carbonyl (C=O) groups is 1. The molecule has 1 aliphatic rings. The summed E-state index contributed by atoms with van der Waals surface area (Å²) in [6.07, 6.45) is 9.09. The van der Waals surface area contributed by atoms with Crippen molar-refractivity contribution < 1.29 is 14.3 Å². The van der Waals surface area contributed by atoms with Crippen LogP contribution in [0.5, 0.6) is 5.75 Å². The quantitative estimate of drug-likeness (QED) is 0.393. The van der Waals surface area contributed by atoms with Crippen LogP contribution >= 0.6 is 0 Å². The number of nitrogens with zero attached hydrogens (tertiary/aromatic N) is 1. The fourth-order valence-corrected chi connectivity index (χ4v) is 3.64. The Balaban J connectivity index is 1.54. The molecule has 0 bridgehead atoms. The van der Waals surface area contributed by atoms with E-state index in [4.69, 9.17) is 14.7 Å². The Morgan fingerprint density at radius 1 is 1.07 bits per heavy atom. The molecule has 0 unspecified atom stereocenters. The largest absolute Gasteiger partial charge is 0.423 e. The van der Waals surface area contributed by atoms with Crippen LogP contribution in [0.4, 0.5) is 0 Å². The number of ether oxygens (including phenoxy) is 2. The lowest BCUT2D eigenvalue weighted by molar-refractivity contribution is 0.0734. The average Bonchev–Trinajstić information content (AvgIpc) is 2.75.